The molecule has 1 aromatic heterocycles. The molecule has 1 aliphatic heterocycles. The van der Waals surface area contributed by atoms with Gasteiger partial charge in [0.2, 0.25) is 0 Å². The summed E-state index contributed by atoms with van der Waals surface area (Å²) in [6.07, 6.45) is 0. The third-order valence-electron chi connectivity index (χ3n) is 10.5. The highest BCUT2D eigenvalue weighted by Gasteiger charge is 2.52. The van der Waals surface area contributed by atoms with Gasteiger partial charge in [-0.15, -0.1) is 0 Å². The molecule has 0 unspecified atom stereocenters. The molecule has 1 saturated heterocycles. The lowest BCUT2D eigenvalue weighted by molar-refractivity contribution is 0.00578. The molecule has 0 saturated carbocycles. The van der Waals surface area contributed by atoms with Gasteiger partial charge < -0.3 is 9.31 Å². The molecule has 254 valence electrons. The van der Waals surface area contributed by atoms with E-state index in [1.54, 1.807) is 0 Å². The molecule has 1 fully saturated rings. The fourth-order valence-corrected chi connectivity index (χ4v) is 11.9. The first-order chi connectivity index (χ1) is 25.2. The van der Waals surface area contributed by atoms with Crippen LogP contribution in [0, 0.1) is 0 Å². The fraction of sp³-hybridized carbons (Fsp3) is 0.133. The number of benzene rings is 6. The van der Waals surface area contributed by atoms with Crippen LogP contribution in [0.15, 0.2) is 170 Å². The zero-order valence-corrected chi connectivity index (χ0v) is 30.9. The summed E-state index contributed by atoms with van der Waals surface area (Å²) in [4.78, 5) is 15.1. The van der Waals surface area contributed by atoms with Crippen LogP contribution in [0.4, 0.5) is 0 Å². The van der Waals surface area contributed by atoms with Crippen molar-refractivity contribution in [1.29, 1.82) is 0 Å². The first-order valence-corrected chi connectivity index (χ1v) is 19.8. The van der Waals surface area contributed by atoms with Crippen molar-refractivity contribution in [2.24, 2.45) is 0 Å². The highest BCUT2D eigenvalue weighted by Crippen LogP contribution is 2.36. The quantitative estimate of drug-likeness (QED) is 0.134. The van der Waals surface area contributed by atoms with Crippen LogP contribution < -0.4 is 26.2 Å². The molecule has 52 heavy (non-hydrogen) atoms. The van der Waals surface area contributed by atoms with Gasteiger partial charge in [-0.25, -0.2) is 15.0 Å². The Kier molecular flexibility index (Phi) is 8.79. The Morgan fingerprint density at radius 1 is 0.404 bits per heavy atom. The SMILES string of the molecule is CC1(C)OB(c2cccc([Si](c3ccccc3)(c3ccccc3)c3cccc(-c4nc(-c5ccccc5)nc(-c5ccccc5)n4)c3)c2)OC1(C)C. The van der Waals surface area contributed by atoms with Gasteiger partial charge in [-0.05, 0) is 53.9 Å². The predicted molar refractivity (Wildman–Crippen MR) is 215 cm³/mol. The van der Waals surface area contributed by atoms with E-state index < -0.39 is 26.4 Å². The highest BCUT2D eigenvalue weighted by atomic mass is 28.3. The van der Waals surface area contributed by atoms with Crippen molar-refractivity contribution >= 4 is 41.4 Å². The van der Waals surface area contributed by atoms with Crippen LogP contribution in [0.1, 0.15) is 27.7 Å². The van der Waals surface area contributed by atoms with Crippen molar-refractivity contribution < 1.29 is 9.31 Å². The average Bonchev–Trinajstić information content (AvgIpc) is 3.42. The van der Waals surface area contributed by atoms with E-state index in [0.717, 1.165) is 22.2 Å². The van der Waals surface area contributed by atoms with E-state index in [0.29, 0.717) is 17.5 Å². The molecule has 0 aliphatic carbocycles. The molecule has 1 aliphatic rings. The van der Waals surface area contributed by atoms with Gasteiger partial charge in [0.15, 0.2) is 25.5 Å². The van der Waals surface area contributed by atoms with Crippen LogP contribution in [-0.4, -0.2) is 41.3 Å². The van der Waals surface area contributed by atoms with Gasteiger partial charge in [0, 0.05) is 16.7 Å². The van der Waals surface area contributed by atoms with Crippen molar-refractivity contribution in [3.05, 3.63) is 170 Å². The highest BCUT2D eigenvalue weighted by molar-refractivity contribution is 7.20. The van der Waals surface area contributed by atoms with Crippen LogP contribution in [0.3, 0.4) is 0 Å². The lowest BCUT2D eigenvalue weighted by atomic mass is 9.79. The Bertz CT molecular complexity index is 2210. The maximum atomic E-state index is 6.58. The fourth-order valence-electron chi connectivity index (χ4n) is 7.10. The van der Waals surface area contributed by atoms with Crippen molar-refractivity contribution in [3.8, 4) is 34.2 Å². The third-order valence-corrected chi connectivity index (χ3v) is 15.3. The Hall–Kier alpha value is -5.47. The lowest BCUT2D eigenvalue weighted by Crippen LogP contribution is -2.75. The Morgan fingerprint density at radius 2 is 0.769 bits per heavy atom. The number of aromatic nitrogens is 3. The smallest absolute Gasteiger partial charge is 0.399 e. The maximum Gasteiger partial charge on any atom is 0.494 e. The summed E-state index contributed by atoms with van der Waals surface area (Å²) < 4.78 is 13.2. The molecular weight excluding hydrogens is 653 g/mol. The summed E-state index contributed by atoms with van der Waals surface area (Å²) in [6.45, 7) is 8.40. The van der Waals surface area contributed by atoms with E-state index in [-0.39, 0.29) is 0 Å². The van der Waals surface area contributed by atoms with Crippen LogP contribution >= 0.6 is 0 Å². The van der Waals surface area contributed by atoms with Crippen LogP contribution in [0.2, 0.25) is 0 Å². The molecule has 7 aromatic rings. The standard InChI is InChI=1S/C45H40BN3O2Si/c1-44(2)45(3,4)51-46(50-44)36-24-18-30-40(32-36)52(37-25-13-7-14-26-37,38-27-15-8-16-28-38)39-29-17-23-35(31-39)43-48-41(33-19-9-5-10-20-33)47-42(49-43)34-21-11-6-12-22-34/h5-32H,1-4H3. The summed E-state index contributed by atoms with van der Waals surface area (Å²) in [7, 11) is -3.43. The minimum absolute atomic E-state index is 0.447. The van der Waals surface area contributed by atoms with Crippen molar-refractivity contribution in [1.82, 2.24) is 15.0 Å². The van der Waals surface area contributed by atoms with Gasteiger partial charge in [0.25, 0.3) is 0 Å². The molecule has 5 nitrogen and oxygen atoms in total. The Morgan fingerprint density at radius 3 is 1.25 bits per heavy atom. The number of hydrogen-bond acceptors (Lipinski definition) is 5. The minimum atomic E-state index is -2.96. The number of hydrogen-bond donors (Lipinski definition) is 0. The van der Waals surface area contributed by atoms with E-state index in [4.69, 9.17) is 24.3 Å². The monoisotopic (exact) mass is 693 g/mol. The summed E-state index contributed by atoms with van der Waals surface area (Å²) in [5.41, 5.74) is 2.93. The van der Waals surface area contributed by atoms with E-state index >= 15 is 0 Å². The molecule has 8 rings (SSSR count). The van der Waals surface area contributed by atoms with Crippen molar-refractivity contribution in [2.75, 3.05) is 0 Å². The summed E-state index contributed by atoms with van der Waals surface area (Å²) >= 11 is 0. The third kappa shape index (κ3) is 6.11. The van der Waals surface area contributed by atoms with Crippen molar-refractivity contribution in [3.63, 3.8) is 0 Å². The van der Waals surface area contributed by atoms with Gasteiger partial charge >= 0.3 is 7.12 Å². The van der Waals surface area contributed by atoms with E-state index in [1.807, 2.05) is 60.7 Å². The maximum absolute atomic E-state index is 6.58. The van der Waals surface area contributed by atoms with Crippen molar-refractivity contribution in [2.45, 2.75) is 38.9 Å². The van der Waals surface area contributed by atoms with Crippen LogP contribution in [0.5, 0.6) is 0 Å². The second-order valence-electron chi connectivity index (χ2n) is 14.3. The summed E-state index contributed by atoms with van der Waals surface area (Å²) in [5.74, 6) is 1.91. The van der Waals surface area contributed by atoms with Gasteiger partial charge in [0.1, 0.15) is 0 Å². The first-order valence-electron chi connectivity index (χ1n) is 17.8. The molecule has 0 N–H and O–H groups in total. The minimum Gasteiger partial charge on any atom is -0.399 e. The molecular formula is C45H40BN3O2Si. The van der Waals surface area contributed by atoms with Gasteiger partial charge in [0.05, 0.1) is 11.2 Å². The van der Waals surface area contributed by atoms with Crippen LogP contribution in [-0.2, 0) is 9.31 Å². The normalized spacial score (nSPS) is 15.0. The number of rotatable bonds is 8. The Labute approximate surface area is 307 Å². The molecule has 0 amide bonds. The lowest BCUT2D eigenvalue weighted by Gasteiger charge is -2.35. The Balaban J connectivity index is 1.35. The van der Waals surface area contributed by atoms with Gasteiger partial charge in [-0.2, -0.15) is 0 Å². The molecule has 2 heterocycles. The molecule has 0 radical (unpaired) electrons. The van der Waals surface area contributed by atoms with E-state index in [9.17, 15) is 0 Å². The van der Waals surface area contributed by atoms with Gasteiger partial charge in [-0.1, -0.05) is 170 Å². The molecule has 6 aromatic carbocycles. The second-order valence-corrected chi connectivity index (χ2v) is 18.1. The molecule has 0 atom stereocenters. The zero-order valence-electron chi connectivity index (χ0n) is 29.9. The zero-order chi connectivity index (χ0) is 35.8. The van der Waals surface area contributed by atoms with Gasteiger partial charge in [-0.3, -0.25) is 0 Å². The van der Waals surface area contributed by atoms with E-state index in [2.05, 4.69) is 137 Å². The average molecular weight is 694 g/mol. The van der Waals surface area contributed by atoms with Crippen LogP contribution in [0.25, 0.3) is 34.2 Å². The molecule has 7 heteroatoms. The molecule has 0 spiro atoms. The second kappa shape index (κ2) is 13.6. The van der Waals surface area contributed by atoms with E-state index in [1.165, 1.54) is 20.7 Å². The summed E-state index contributed by atoms with van der Waals surface area (Å²) in [6, 6.07) is 59.8. The molecule has 0 bridgehead atoms. The predicted octanol–water partition coefficient (Wildman–Crippen LogP) is 6.55. The topological polar surface area (TPSA) is 57.1 Å². The summed E-state index contributed by atoms with van der Waals surface area (Å²) in [5, 5.41) is 5.00. The number of nitrogens with zero attached hydrogens (tertiary/aromatic N) is 3. The first kappa shape index (κ1) is 33.7. The largest absolute Gasteiger partial charge is 0.494 e.